The van der Waals surface area contributed by atoms with Gasteiger partial charge in [0.25, 0.3) is 0 Å². The van der Waals surface area contributed by atoms with Gasteiger partial charge in [0.2, 0.25) is 0 Å². The average molecular weight is 1730 g/mol. The van der Waals surface area contributed by atoms with Crippen LogP contribution in [0, 0.1) is 5.92 Å². The van der Waals surface area contributed by atoms with Crippen molar-refractivity contribution in [3.05, 3.63) is 398 Å². The molecule has 0 saturated heterocycles. The maximum absolute atomic E-state index is 6.57. The summed E-state index contributed by atoms with van der Waals surface area (Å²) in [4.78, 5) is 51.6. The number of furan rings is 1. The van der Waals surface area contributed by atoms with Crippen molar-refractivity contribution in [2.45, 2.75) is 71.8 Å². The number of nitrogens with zero attached hydrogens (tertiary/aromatic N) is 10. The highest BCUT2D eigenvalue weighted by molar-refractivity contribution is 8.00. The Bertz CT molecular complexity index is 8140. The molecule has 4 aliphatic heterocycles. The highest BCUT2D eigenvalue weighted by Gasteiger charge is 2.38. The van der Waals surface area contributed by atoms with Crippen molar-refractivity contribution in [3.8, 4) is 90.6 Å². The Hall–Kier alpha value is -14.8. The maximum atomic E-state index is 6.57. The molecule has 15 heteroatoms. The molecule has 2 aliphatic carbocycles. The largest absolute Gasteiger partial charge is 0.455 e. The van der Waals surface area contributed by atoms with Crippen LogP contribution in [0.3, 0.4) is 0 Å². The summed E-state index contributed by atoms with van der Waals surface area (Å²) in [6.45, 7) is 7.01. The molecule has 0 bridgehead atoms. The number of anilines is 11. The lowest BCUT2D eigenvalue weighted by Gasteiger charge is -2.38. The molecule has 11 nitrogen and oxygen atoms in total. The van der Waals surface area contributed by atoms with Crippen molar-refractivity contribution in [2.75, 3.05) is 19.6 Å². The number of aromatic nitrogens is 6. The third-order valence-corrected chi connectivity index (χ3v) is 30.4. The smallest absolute Gasteiger partial charge is 0.167 e. The van der Waals surface area contributed by atoms with E-state index in [1.54, 1.807) is 0 Å². The van der Waals surface area contributed by atoms with Gasteiger partial charge in [-0.25, -0.2) is 29.9 Å². The number of rotatable bonds is 11. The minimum absolute atomic E-state index is 0.229. The van der Waals surface area contributed by atoms with Crippen molar-refractivity contribution in [1.82, 2.24) is 29.9 Å². The van der Waals surface area contributed by atoms with Crippen molar-refractivity contribution >= 4 is 148 Å². The van der Waals surface area contributed by atoms with Crippen LogP contribution in [0.25, 0.3) is 129 Å². The zero-order valence-electron chi connectivity index (χ0n) is 70.1. The molecule has 0 radical (unpaired) electrons. The summed E-state index contributed by atoms with van der Waals surface area (Å²) < 4.78 is 6.57. The van der Waals surface area contributed by atoms with E-state index in [2.05, 4.69) is 362 Å². The molecule has 1 atom stereocenters. The molecule has 0 amide bonds. The quantitative estimate of drug-likeness (QED) is 0.123. The monoisotopic (exact) mass is 1730 g/mol. The van der Waals surface area contributed by atoms with Crippen molar-refractivity contribution in [3.63, 3.8) is 0 Å². The van der Waals surface area contributed by atoms with Gasteiger partial charge in [0.1, 0.15) is 11.2 Å². The van der Waals surface area contributed by atoms with Gasteiger partial charge in [0.05, 0.1) is 62.4 Å². The summed E-state index contributed by atoms with van der Waals surface area (Å²) in [5.41, 5.74) is 29.9. The van der Waals surface area contributed by atoms with E-state index in [0.29, 0.717) is 34.9 Å². The van der Waals surface area contributed by atoms with Gasteiger partial charge in [-0.2, -0.15) is 0 Å². The molecule has 1 unspecified atom stereocenters. The van der Waals surface area contributed by atoms with E-state index in [9.17, 15) is 0 Å². The highest BCUT2D eigenvalue weighted by Crippen LogP contribution is 2.61. The summed E-state index contributed by atoms with van der Waals surface area (Å²) in [6.07, 6.45) is 3.33. The lowest BCUT2D eigenvalue weighted by molar-refractivity contribution is 0.660. The Morgan fingerprint density at radius 2 is 0.705 bits per heavy atom. The first-order valence-electron chi connectivity index (χ1n) is 43.6. The van der Waals surface area contributed by atoms with E-state index in [1.807, 2.05) is 102 Å². The Balaban J connectivity index is 0.542. The fourth-order valence-corrected chi connectivity index (χ4v) is 24.2. The second-order valence-electron chi connectivity index (χ2n) is 34.2. The van der Waals surface area contributed by atoms with E-state index in [4.69, 9.17) is 34.3 Å². The first-order chi connectivity index (χ1) is 63.5. The summed E-state index contributed by atoms with van der Waals surface area (Å²) in [7, 11) is 0. The molecule has 610 valence electrons. The van der Waals surface area contributed by atoms with E-state index >= 15 is 0 Å². The second-order valence-corrected chi connectivity index (χ2v) is 38.5. The molecule has 26 rings (SSSR count). The fraction of sp³-hybridized carbons (Fsp3) is 0.0526. The van der Waals surface area contributed by atoms with E-state index < -0.39 is 0 Å². The Morgan fingerprint density at radius 1 is 0.279 bits per heavy atom. The third-order valence-electron chi connectivity index (χ3n) is 26.0. The lowest BCUT2D eigenvalue weighted by Crippen LogP contribution is -2.23. The van der Waals surface area contributed by atoms with E-state index in [0.717, 1.165) is 139 Å². The van der Waals surface area contributed by atoms with Gasteiger partial charge in [-0.3, -0.25) is 0 Å². The van der Waals surface area contributed by atoms with Gasteiger partial charge in [-0.05, 0) is 208 Å². The number of fused-ring (bicyclic) bond motifs is 16. The van der Waals surface area contributed by atoms with Gasteiger partial charge in [-0.1, -0.05) is 292 Å². The van der Waals surface area contributed by atoms with Gasteiger partial charge in [-0.15, -0.1) is 0 Å². The van der Waals surface area contributed by atoms with Crippen LogP contribution in [0.4, 0.5) is 62.6 Å². The Morgan fingerprint density at radius 3 is 1.37 bits per heavy atom. The number of para-hydroxylation sites is 7. The van der Waals surface area contributed by atoms with Crippen LogP contribution in [0.5, 0.6) is 0 Å². The van der Waals surface area contributed by atoms with E-state index in [-0.39, 0.29) is 11.3 Å². The standard InChI is InChI=1S/C114H74N10OS4/c1-67-58-76-62-74(47-53-80(76)97(59-67)124-93-38-14-20-45-103(93)129-106-65-77(51-57-96(106)124)121-89-34-10-16-41-99(89)126-100-42-17-11-35-90(100)121)110-116-109(117-112(118-110)75-48-54-82-81-29-7-9-33-86(81)114(2,3)87(82)63-75)72-28-21-26-69(60-72)70-49-55-94-104(64-70)127-101-43-18-12-36-91(101)122(94)78-50-56-95-105(66-78)128-102-44-19-13-37-92(102)123(95)88-39-22-27-71-61-73(46-52-79(71)88)111-115-108(68-24-5-4-6-25-68)119-113(120-111)85-32-23-31-84-83-30-8-15-40-98(83)125-107(84)85/h4-57,59-67H,58H2,1-3H3. The first kappa shape index (κ1) is 75.5. The van der Waals surface area contributed by atoms with Gasteiger partial charge < -0.3 is 24.0 Å². The fourth-order valence-electron chi connectivity index (χ4n) is 19.9. The first-order valence-corrected chi connectivity index (χ1v) is 46.8. The molecule has 7 heterocycles. The molecule has 20 aromatic rings. The van der Waals surface area contributed by atoms with Gasteiger partial charge in [0, 0.05) is 105 Å². The molecule has 129 heavy (non-hydrogen) atoms. The average Bonchev–Trinajstić information content (AvgIpc) is 1.60. The van der Waals surface area contributed by atoms with Crippen molar-refractivity contribution in [1.29, 1.82) is 0 Å². The normalized spacial score (nSPS) is 14.6. The lowest BCUT2D eigenvalue weighted by atomic mass is 9.82. The number of benzene rings is 17. The van der Waals surface area contributed by atoms with Crippen LogP contribution in [0.2, 0.25) is 0 Å². The van der Waals surface area contributed by atoms with E-state index in [1.165, 1.54) is 85.5 Å². The molecule has 0 spiro atoms. The topological polar surface area (TPSA) is 103 Å². The predicted molar refractivity (Wildman–Crippen MR) is 530 cm³/mol. The van der Waals surface area contributed by atoms with Crippen LogP contribution in [0.1, 0.15) is 43.0 Å². The van der Waals surface area contributed by atoms with Crippen molar-refractivity contribution < 1.29 is 4.42 Å². The summed E-state index contributed by atoms with van der Waals surface area (Å²) in [6, 6.07) is 134. The molecule has 6 aliphatic rings. The zero-order valence-corrected chi connectivity index (χ0v) is 73.4. The van der Waals surface area contributed by atoms with Crippen LogP contribution in [-0.2, 0) is 11.8 Å². The molecule has 3 aromatic heterocycles. The summed E-state index contributed by atoms with van der Waals surface area (Å²) >= 11 is 7.31. The Kier molecular flexibility index (Phi) is 17.5. The third kappa shape index (κ3) is 12.5. The van der Waals surface area contributed by atoms with Crippen LogP contribution >= 0.6 is 47.0 Å². The Labute approximate surface area is 762 Å². The molecule has 0 saturated carbocycles. The molecule has 0 fully saturated rings. The second kappa shape index (κ2) is 29.9. The molecule has 0 N–H and O–H groups in total. The SMILES string of the molecule is CC1C=C(N2c3ccccc3Sc3cc(N4c5ccccc5Sc5ccccc54)ccc32)c2ccc(-c3nc(-c4cccc(-c5ccc6c(c5)Sc5ccccc5N6c5ccc6c(c5)Sc5ccccc5N6c5cccc6cc(-c7nc(-c8ccccc8)nc(-c8cccc9c8oc8ccccc89)n7)ccc56)c4)nc(-c4ccc5c(c4)C(C)(C)c4ccccc4-5)n3)cc2C1. The molecular weight excluding hydrogens is 1650 g/mol. The van der Waals surface area contributed by atoms with Crippen LogP contribution < -0.4 is 19.6 Å². The zero-order chi connectivity index (χ0) is 85.3. The van der Waals surface area contributed by atoms with Crippen LogP contribution in [-0.4, -0.2) is 29.9 Å². The molecule has 17 aromatic carbocycles. The van der Waals surface area contributed by atoms with Gasteiger partial charge >= 0.3 is 0 Å². The number of allylic oxidation sites excluding steroid dienone is 1. The van der Waals surface area contributed by atoms with Crippen LogP contribution in [0.15, 0.2) is 420 Å². The summed E-state index contributed by atoms with van der Waals surface area (Å²) in [5.74, 6) is 3.78. The van der Waals surface area contributed by atoms with Gasteiger partial charge in [0.15, 0.2) is 34.9 Å². The maximum Gasteiger partial charge on any atom is 0.167 e. The number of hydrogen-bond acceptors (Lipinski definition) is 15. The molecular formula is C114H74N10OS4. The minimum atomic E-state index is -0.234. The highest BCUT2D eigenvalue weighted by atomic mass is 32.2. The van der Waals surface area contributed by atoms with Crippen molar-refractivity contribution in [2.24, 2.45) is 5.92 Å². The minimum Gasteiger partial charge on any atom is -0.455 e. The predicted octanol–water partition coefficient (Wildman–Crippen LogP) is 31.7. The summed E-state index contributed by atoms with van der Waals surface area (Å²) in [5, 5.41) is 4.21. The number of hydrogen-bond donors (Lipinski definition) is 0.